The van der Waals surface area contributed by atoms with Crippen molar-refractivity contribution in [3.05, 3.63) is 0 Å². The number of esters is 1. The second kappa shape index (κ2) is 7.10. The van der Waals surface area contributed by atoms with Crippen LogP contribution in [0, 0.1) is 5.92 Å². The lowest BCUT2D eigenvalue weighted by Crippen LogP contribution is -2.23. The maximum Gasteiger partial charge on any atom is 0.307 e. The van der Waals surface area contributed by atoms with Gasteiger partial charge in [0.05, 0.1) is 13.0 Å². The van der Waals surface area contributed by atoms with E-state index in [0.717, 1.165) is 13.1 Å². The molecule has 0 fully saturated rings. The summed E-state index contributed by atoms with van der Waals surface area (Å²) in [4.78, 5) is 10.8. The van der Waals surface area contributed by atoms with Gasteiger partial charge in [-0.15, -0.1) is 0 Å². The molecule has 0 atom stereocenters. The molecule has 72 valence electrons. The zero-order chi connectivity index (χ0) is 9.40. The maximum atomic E-state index is 10.8. The van der Waals surface area contributed by atoms with Gasteiger partial charge in [0.1, 0.15) is 0 Å². The zero-order valence-corrected chi connectivity index (χ0v) is 8.22. The first-order valence-corrected chi connectivity index (χ1v) is 4.53. The van der Waals surface area contributed by atoms with Crippen molar-refractivity contribution in [3.8, 4) is 0 Å². The van der Waals surface area contributed by atoms with E-state index in [9.17, 15) is 4.79 Å². The molecule has 0 unspecified atom stereocenters. The Morgan fingerprint density at radius 2 is 2.17 bits per heavy atom. The Hall–Kier alpha value is -0.570. The number of carbonyl (C=O) groups excluding carboxylic acids is 1. The van der Waals surface area contributed by atoms with Gasteiger partial charge in [0.25, 0.3) is 0 Å². The van der Waals surface area contributed by atoms with Crippen LogP contribution >= 0.6 is 0 Å². The van der Waals surface area contributed by atoms with Crippen LogP contribution in [0.15, 0.2) is 0 Å². The minimum absolute atomic E-state index is 0.117. The minimum atomic E-state index is -0.117. The molecular weight excluding hydrogens is 154 g/mol. The molecule has 0 spiro atoms. The number of hydrogen-bond donors (Lipinski definition) is 1. The lowest BCUT2D eigenvalue weighted by Gasteiger charge is -2.06. The quantitative estimate of drug-likeness (QED) is 0.484. The second-order valence-corrected chi connectivity index (χ2v) is 3.15. The van der Waals surface area contributed by atoms with Crippen LogP contribution in [0.5, 0.6) is 0 Å². The predicted octanol–water partition coefficient (Wildman–Crippen LogP) is 1.19. The summed E-state index contributed by atoms with van der Waals surface area (Å²) in [7, 11) is 0. The third kappa shape index (κ3) is 7.54. The third-order valence-corrected chi connectivity index (χ3v) is 1.36. The summed E-state index contributed by atoms with van der Waals surface area (Å²) in [6.07, 6.45) is 0.473. The third-order valence-electron chi connectivity index (χ3n) is 1.36. The Labute approximate surface area is 74.5 Å². The van der Waals surface area contributed by atoms with Gasteiger partial charge < -0.3 is 10.1 Å². The number of carbonyl (C=O) groups is 1. The summed E-state index contributed by atoms with van der Waals surface area (Å²) in [5, 5.41) is 3.17. The summed E-state index contributed by atoms with van der Waals surface area (Å²) < 4.78 is 4.77. The van der Waals surface area contributed by atoms with Crippen LogP contribution < -0.4 is 5.32 Å². The van der Waals surface area contributed by atoms with Crippen LogP contribution in [0.1, 0.15) is 27.2 Å². The van der Waals surface area contributed by atoms with Crippen molar-refractivity contribution in [2.75, 3.05) is 19.7 Å². The molecule has 0 heterocycles. The number of ether oxygens (including phenoxy) is 1. The Morgan fingerprint density at radius 3 is 2.67 bits per heavy atom. The maximum absolute atomic E-state index is 10.8. The molecule has 0 amide bonds. The van der Waals surface area contributed by atoms with Gasteiger partial charge >= 0.3 is 5.97 Å². The molecule has 0 rings (SSSR count). The molecule has 0 aliphatic heterocycles. The smallest absolute Gasteiger partial charge is 0.307 e. The first-order valence-electron chi connectivity index (χ1n) is 4.53. The highest BCUT2D eigenvalue weighted by atomic mass is 16.5. The largest absolute Gasteiger partial charge is 0.466 e. The molecule has 0 saturated heterocycles. The van der Waals surface area contributed by atoms with Crippen LogP contribution in [0.2, 0.25) is 0 Å². The molecule has 12 heavy (non-hydrogen) atoms. The van der Waals surface area contributed by atoms with E-state index in [1.807, 2.05) is 6.92 Å². The van der Waals surface area contributed by atoms with Gasteiger partial charge in [-0.3, -0.25) is 4.79 Å². The molecule has 0 aliphatic rings. The van der Waals surface area contributed by atoms with E-state index in [2.05, 4.69) is 19.2 Å². The monoisotopic (exact) mass is 173 g/mol. The normalized spacial score (nSPS) is 10.3. The summed E-state index contributed by atoms with van der Waals surface area (Å²) in [6.45, 7) is 8.24. The molecule has 0 aromatic rings. The summed E-state index contributed by atoms with van der Waals surface area (Å²) >= 11 is 0. The highest BCUT2D eigenvalue weighted by molar-refractivity contribution is 5.69. The number of rotatable bonds is 6. The van der Waals surface area contributed by atoms with E-state index in [1.165, 1.54) is 0 Å². The lowest BCUT2D eigenvalue weighted by atomic mass is 10.2. The molecule has 0 aromatic carbocycles. The molecule has 0 bridgehead atoms. The Kier molecular flexibility index (Phi) is 6.76. The van der Waals surface area contributed by atoms with E-state index in [0.29, 0.717) is 18.9 Å². The number of nitrogens with one attached hydrogen (secondary N) is 1. The predicted molar refractivity (Wildman–Crippen MR) is 49.0 cm³/mol. The number of hydrogen-bond acceptors (Lipinski definition) is 3. The lowest BCUT2D eigenvalue weighted by molar-refractivity contribution is -0.142. The topological polar surface area (TPSA) is 38.3 Å². The van der Waals surface area contributed by atoms with Crippen LogP contribution in [0.25, 0.3) is 0 Å². The fourth-order valence-corrected chi connectivity index (χ4v) is 0.814. The van der Waals surface area contributed by atoms with Gasteiger partial charge in [-0.25, -0.2) is 0 Å². The van der Waals surface area contributed by atoms with Crippen molar-refractivity contribution < 1.29 is 9.53 Å². The van der Waals surface area contributed by atoms with Crippen molar-refractivity contribution in [2.24, 2.45) is 5.92 Å². The van der Waals surface area contributed by atoms with Crippen molar-refractivity contribution >= 4 is 5.97 Å². The van der Waals surface area contributed by atoms with Crippen LogP contribution in [0.3, 0.4) is 0 Å². The van der Waals surface area contributed by atoms with Crippen molar-refractivity contribution in [2.45, 2.75) is 27.2 Å². The standard InChI is InChI=1S/C9H19NO2/c1-4-12-9(11)5-6-10-7-8(2)3/h8,10H,4-7H2,1-3H3. The molecule has 3 nitrogen and oxygen atoms in total. The minimum Gasteiger partial charge on any atom is -0.466 e. The Bertz CT molecular complexity index is 124. The van der Waals surface area contributed by atoms with Crippen molar-refractivity contribution in [3.63, 3.8) is 0 Å². The van der Waals surface area contributed by atoms with Gasteiger partial charge in [-0.1, -0.05) is 13.8 Å². The second-order valence-electron chi connectivity index (χ2n) is 3.15. The average Bonchev–Trinajstić information content (AvgIpc) is 1.98. The fraction of sp³-hybridized carbons (Fsp3) is 0.889. The SMILES string of the molecule is CCOC(=O)CCNCC(C)C. The van der Waals surface area contributed by atoms with E-state index >= 15 is 0 Å². The van der Waals surface area contributed by atoms with E-state index in [-0.39, 0.29) is 5.97 Å². The first-order chi connectivity index (χ1) is 5.66. The van der Waals surface area contributed by atoms with Crippen LogP contribution in [-0.4, -0.2) is 25.7 Å². The molecule has 1 N–H and O–H groups in total. The van der Waals surface area contributed by atoms with Crippen molar-refractivity contribution in [1.29, 1.82) is 0 Å². The van der Waals surface area contributed by atoms with Gasteiger partial charge in [0, 0.05) is 6.54 Å². The van der Waals surface area contributed by atoms with Crippen LogP contribution in [-0.2, 0) is 9.53 Å². The first kappa shape index (κ1) is 11.4. The van der Waals surface area contributed by atoms with Gasteiger partial charge in [0.2, 0.25) is 0 Å². The highest BCUT2D eigenvalue weighted by Crippen LogP contribution is 1.88. The fourth-order valence-electron chi connectivity index (χ4n) is 0.814. The van der Waals surface area contributed by atoms with Crippen molar-refractivity contribution in [1.82, 2.24) is 5.32 Å². The summed E-state index contributed by atoms with van der Waals surface area (Å²) in [5.41, 5.74) is 0. The zero-order valence-electron chi connectivity index (χ0n) is 8.22. The molecule has 3 heteroatoms. The van der Waals surface area contributed by atoms with E-state index in [1.54, 1.807) is 0 Å². The molecule has 0 saturated carbocycles. The van der Waals surface area contributed by atoms with Gasteiger partial charge in [-0.2, -0.15) is 0 Å². The molecular formula is C9H19NO2. The average molecular weight is 173 g/mol. The van der Waals surface area contributed by atoms with Gasteiger partial charge in [0.15, 0.2) is 0 Å². The van der Waals surface area contributed by atoms with Crippen LogP contribution in [0.4, 0.5) is 0 Å². The molecule has 0 aromatic heterocycles. The summed E-state index contributed by atoms with van der Waals surface area (Å²) in [6, 6.07) is 0. The Balaban J connectivity index is 3.14. The molecule has 0 aliphatic carbocycles. The summed E-state index contributed by atoms with van der Waals surface area (Å²) in [5.74, 6) is 0.515. The van der Waals surface area contributed by atoms with E-state index in [4.69, 9.17) is 4.74 Å². The van der Waals surface area contributed by atoms with Gasteiger partial charge in [-0.05, 0) is 19.4 Å². The highest BCUT2D eigenvalue weighted by Gasteiger charge is 2.00. The molecule has 0 radical (unpaired) electrons. The van der Waals surface area contributed by atoms with E-state index < -0.39 is 0 Å². The Morgan fingerprint density at radius 1 is 1.50 bits per heavy atom.